The van der Waals surface area contributed by atoms with Crippen LogP contribution in [-0.4, -0.2) is 60.1 Å². The molecule has 7 nitrogen and oxygen atoms in total. The van der Waals surface area contributed by atoms with Gasteiger partial charge in [-0.1, -0.05) is 44.2 Å². The summed E-state index contributed by atoms with van der Waals surface area (Å²) in [5, 5.41) is 2.97. The van der Waals surface area contributed by atoms with Gasteiger partial charge in [0.2, 0.25) is 5.91 Å². The Hall–Kier alpha value is -2.12. The van der Waals surface area contributed by atoms with Gasteiger partial charge in [0.25, 0.3) is 0 Å². The van der Waals surface area contributed by atoms with Crippen molar-refractivity contribution < 1.29 is 14.3 Å². The molecular weight excluding hydrogens is 404 g/mol. The molecule has 4 rings (SSSR count). The van der Waals surface area contributed by atoms with Gasteiger partial charge in [-0.2, -0.15) is 0 Å². The SMILES string of the molecule is NC1CCCCC1N(Cc1ccc(NC(=O)N2CCOCC2)cc1)C(=O)C1CCCCC1. The minimum absolute atomic E-state index is 0.0587. The molecule has 0 bridgehead atoms. The summed E-state index contributed by atoms with van der Waals surface area (Å²) < 4.78 is 5.31. The van der Waals surface area contributed by atoms with Gasteiger partial charge in [0.1, 0.15) is 0 Å². The van der Waals surface area contributed by atoms with E-state index < -0.39 is 0 Å². The summed E-state index contributed by atoms with van der Waals surface area (Å²) in [6, 6.07) is 7.98. The number of morpholine rings is 1. The minimum atomic E-state index is -0.0941. The summed E-state index contributed by atoms with van der Waals surface area (Å²) in [5.74, 6) is 0.432. The van der Waals surface area contributed by atoms with Crippen molar-refractivity contribution in [3.8, 4) is 0 Å². The number of benzene rings is 1. The van der Waals surface area contributed by atoms with Crippen LogP contribution in [0.5, 0.6) is 0 Å². The smallest absolute Gasteiger partial charge is 0.321 e. The van der Waals surface area contributed by atoms with E-state index in [-0.39, 0.29) is 29.9 Å². The van der Waals surface area contributed by atoms with E-state index in [4.69, 9.17) is 10.5 Å². The highest BCUT2D eigenvalue weighted by Gasteiger charge is 2.34. The molecule has 2 atom stereocenters. The molecule has 3 amide bonds. The monoisotopic (exact) mass is 442 g/mol. The third-order valence-electron chi connectivity index (χ3n) is 7.28. The number of anilines is 1. The largest absolute Gasteiger partial charge is 0.378 e. The van der Waals surface area contributed by atoms with Crippen LogP contribution in [0, 0.1) is 5.92 Å². The topological polar surface area (TPSA) is 87.9 Å². The number of nitrogens with one attached hydrogen (secondary N) is 1. The lowest BCUT2D eigenvalue weighted by atomic mass is 9.85. The van der Waals surface area contributed by atoms with Crippen LogP contribution < -0.4 is 11.1 Å². The van der Waals surface area contributed by atoms with Crippen LogP contribution >= 0.6 is 0 Å². The second-order valence-corrected chi connectivity index (χ2v) is 9.54. The minimum Gasteiger partial charge on any atom is -0.378 e. The van der Waals surface area contributed by atoms with Crippen molar-refractivity contribution in [2.45, 2.75) is 76.4 Å². The van der Waals surface area contributed by atoms with Gasteiger partial charge in [0.15, 0.2) is 0 Å². The highest BCUT2D eigenvalue weighted by molar-refractivity contribution is 5.89. The molecule has 0 spiro atoms. The summed E-state index contributed by atoms with van der Waals surface area (Å²) in [4.78, 5) is 29.8. The van der Waals surface area contributed by atoms with Crippen molar-refractivity contribution in [3.05, 3.63) is 29.8 Å². The molecule has 2 aliphatic carbocycles. The number of carbonyl (C=O) groups is 2. The van der Waals surface area contributed by atoms with Crippen LogP contribution in [0.3, 0.4) is 0 Å². The predicted octanol–water partition coefficient (Wildman–Crippen LogP) is 3.73. The number of nitrogens with two attached hydrogens (primary N) is 1. The number of rotatable bonds is 5. The number of hydrogen-bond donors (Lipinski definition) is 2. The quantitative estimate of drug-likeness (QED) is 0.727. The Labute approximate surface area is 191 Å². The van der Waals surface area contributed by atoms with Crippen LogP contribution in [0.1, 0.15) is 63.4 Å². The number of amides is 3. The molecule has 3 N–H and O–H groups in total. The Morgan fingerprint density at radius 1 is 0.969 bits per heavy atom. The van der Waals surface area contributed by atoms with Crippen LogP contribution in [0.2, 0.25) is 0 Å². The van der Waals surface area contributed by atoms with Crippen molar-refractivity contribution in [2.75, 3.05) is 31.6 Å². The first-order valence-electron chi connectivity index (χ1n) is 12.4. The molecule has 2 unspecified atom stereocenters. The van der Waals surface area contributed by atoms with Gasteiger partial charge in [0.05, 0.1) is 13.2 Å². The first-order valence-corrected chi connectivity index (χ1v) is 12.4. The van der Waals surface area contributed by atoms with E-state index in [2.05, 4.69) is 10.2 Å². The van der Waals surface area contributed by atoms with Crippen LogP contribution in [-0.2, 0) is 16.1 Å². The molecule has 1 aliphatic heterocycles. The molecule has 32 heavy (non-hydrogen) atoms. The van der Waals surface area contributed by atoms with E-state index in [1.165, 1.54) is 6.42 Å². The molecule has 2 saturated carbocycles. The summed E-state index contributed by atoms with van der Waals surface area (Å²) in [6.07, 6.45) is 9.83. The van der Waals surface area contributed by atoms with E-state index >= 15 is 0 Å². The number of nitrogens with zero attached hydrogens (tertiary/aromatic N) is 2. The fraction of sp³-hybridized carbons (Fsp3) is 0.680. The lowest BCUT2D eigenvalue weighted by Crippen LogP contribution is -2.53. The maximum atomic E-state index is 13.5. The Bertz CT molecular complexity index is 757. The first kappa shape index (κ1) is 23.1. The molecule has 1 aromatic carbocycles. The molecular formula is C25H38N4O3. The second-order valence-electron chi connectivity index (χ2n) is 9.54. The molecule has 7 heteroatoms. The number of urea groups is 1. The van der Waals surface area contributed by atoms with Gasteiger partial charge in [-0.05, 0) is 43.4 Å². The van der Waals surface area contributed by atoms with Gasteiger partial charge in [-0.3, -0.25) is 4.79 Å². The van der Waals surface area contributed by atoms with Crippen molar-refractivity contribution in [3.63, 3.8) is 0 Å². The van der Waals surface area contributed by atoms with Gasteiger partial charge in [-0.15, -0.1) is 0 Å². The van der Waals surface area contributed by atoms with E-state index in [0.717, 1.165) is 62.6 Å². The Morgan fingerprint density at radius 2 is 1.62 bits per heavy atom. The summed E-state index contributed by atoms with van der Waals surface area (Å²) in [7, 11) is 0. The molecule has 0 aromatic heterocycles. The Morgan fingerprint density at radius 3 is 2.31 bits per heavy atom. The fourth-order valence-electron chi connectivity index (χ4n) is 5.33. The lowest BCUT2D eigenvalue weighted by molar-refractivity contribution is -0.141. The number of hydrogen-bond acceptors (Lipinski definition) is 4. The van der Waals surface area contributed by atoms with E-state index in [1.54, 1.807) is 4.90 Å². The average Bonchev–Trinajstić information content (AvgIpc) is 2.85. The summed E-state index contributed by atoms with van der Waals surface area (Å²) in [5.41, 5.74) is 8.34. The third-order valence-corrected chi connectivity index (χ3v) is 7.28. The van der Waals surface area contributed by atoms with Crippen LogP contribution in [0.25, 0.3) is 0 Å². The zero-order chi connectivity index (χ0) is 22.3. The number of carbonyl (C=O) groups excluding carboxylic acids is 2. The highest BCUT2D eigenvalue weighted by atomic mass is 16.5. The van der Waals surface area contributed by atoms with Crippen molar-refractivity contribution >= 4 is 17.6 Å². The zero-order valence-corrected chi connectivity index (χ0v) is 19.1. The maximum absolute atomic E-state index is 13.5. The van der Waals surface area contributed by atoms with Crippen molar-refractivity contribution in [2.24, 2.45) is 11.7 Å². The van der Waals surface area contributed by atoms with E-state index in [9.17, 15) is 9.59 Å². The van der Waals surface area contributed by atoms with Crippen LogP contribution in [0.4, 0.5) is 10.5 Å². The summed E-state index contributed by atoms with van der Waals surface area (Å²) in [6.45, 7) is 2.99. The van der Waals surface area contributed by atoms with Gasteiger partial charge in [0, 0.05) is 43.3 Å². The highest BCUT2D eigenvalue weighted by Crippen LogP contribution is 2.30. The van der Waals surface area contributed by atoms with Crippen LogP contribution in [0.15, 0.2) is 24.3 Å². The van der Waals surface area contributed by atoms with Crippen molar-refractivity contribution in [1.82, 2.24) is 9.80 Å². The number of ether oxygens (including phenoxy) is 1. The molecule has 1 saturated heterocycles. The molecule has 3 aliphatic rings. The Balaban J connectivity index is 1.42. The predicted molar refractivity (Wildman–Crippen MR) is 125 cm³/mol. The Kier molecular flexibility index (Phi) is 8.03. The maximum Gasteiger partial charge on any atom is 0.321 e. The van der Waals surface area contributed by atoms with Gasteiger partial charge in [-0.25, -0.2) is 4.79 Å². The second kappa shape index (κ2) is 11.1. The molecule has 1 aromatic rings. The fourth-order valence-corrected chi connectivity index (χ4v) is 5.33. The lowest BCUT2D eigenvalue weighted by Gasteiger charge is -2.40. The first-order chi connectivity index (χ1) is 15.6. The molecule has 1 heterocycles. The molecule has 0 radical (unpaired) electrons. The molecule has 3 fully saturated rings. The average molecular weight is 443 g/mol. The van der Waals surface area contributed by atoms with Crippen molar-refractivity contribution in [1.29, 1.82) is 0 Å². The van der Waals surface area contributed by atoms with Gasteiger partial charge < -0.3 is 25.6 Å². The third kappa shape index (κ3) is 5.81. The summed E-state index contributed by atoms with van der Waals surface area (Å²) >= 11 is 0. The van der Waals surface area contributed by atoms with E-state index in [0.29, 0.717) is 32.8 Å². The molecule has 176 valence electrons. The van der Waals surface area contributed by atoms with Gasteiger partial charge >= 0.3 is 6.03 Å². The standard InChI is InChI=1S/C25H38N4O3/c26-22-8-4-5-9-23(22)29(24(30)20-6-2-1-3-7-20)18-19-10-12-21(13-11-19)27-25(31)28-14-16-32-17-15-28/h10-13,20,22-23H,1-9,14-18,26H2,(H,27,31). The zero-order valence-electron chi connectivity index (χ0n) is 19.1. The normalized spacial score (nSPS) is 24.7. The van der Waals surface area contributed by atoms with E-state index in [1.807, 2.05) is 24.3 Å².